The largest absolute Gasteiger partial charge is 0.347 e. The van der Waals surface area contributed by atoms with Gasteiger partial charge in [-0.15, -0.1) is 0 Å². The predicted octanol–water partition coefficient (Wildman–Crippen LogP) is 1.14. The molecule has 42 heavy (non-hydrogen) atoms. The van der Waals surface area contributed by atoms with Gasteiger partial charge in [-0.1, -0.05) is 53.4 Å². The first kappa shape index (κ1) is 34.0. The highest BCUT2D eigenvalue weighted by Gasteiger charge is 2.44. The zero-order valence-corrected chi connectivity index (χ0v) is 26.5. The van der Waals surface area contributed by atoms with Crippen LogP contribution >= 0.6 is 0 Å². The third-order valence-electron chi connectivity index (χ3n) is 8.33. The lowest BCUT2D eigenvalue weighted by atomic mass is 9.82. The van der Waals surface area contributed by atoms with Gasteiger partial charge in [-0.25, -0.2) is 13.1 Å². The number of hydrogen-bond acceptors (Lipinski definition) is 7. The van der Waals surface area contributed by atoms with Gasteiger partial charge in [-0.3, -0.25) is 24.0 Å². The lowest BCUT2D eigenvalue weighted by molar-refractivity contribution is -0.145. The first-order valence-electron chi connectivity index (χ1n) is 15.4. The van der Waals surface area contributed by atoms with Crippen molar-refractivity contribution in [2.24, 2.45) is 11.3 Å². The van der Waals surface area contributed by atoms with Crippen molar-refractivity contribution < 1.29 is 32.4 Å². The molecule has 2 aliphatic carbocycles. The van der Waals surface area contributed by atoms with Gasteiger partial charge in [0, 0.05) is 12.6 Å². The van der Waals surface area contributed by atoms with Gasteiger partial charge in [-0.2, -0.15) is 0 Å². The molecule has 0 spiro atoms. The van der Waals surface area contributed by atoms with Gasteiger partial charge in [0.05, 0.1) is 12.3 Å². The molecule has 4 N–H and O–H groups in total. The van der Waals surface area contributed by atoms with Crippen LogP contribution in [0.4, 0.5) is 0 Å². The molecule has 0 aromatic rings. The van der Waals surface area contributed by atoms with E-state index < -0.39 is 69.0 Å². The van der Waals surface area contributed by atoms with Crippen LogP contribution in [0.15, 0.2) is 0 Å². The van der Waals surface area contributed by atoms with Crippen molar-refractivity contribution in [1.82, 2.24) is 25.6 Å². The van der Waals surface area contributed by atoms with E-state index in [4.69, 9.17) is 0 Å². The van der Waals surface area contributed by atoms with Gasteiger partial charge < -0.3 is 20.9 Å². The summed E-state index contributed by atoms with van der Waals surface area (Å²) in [6.07, 6.45) is 8.73. The number of carbonyl (C=O) groups is 5. The van der Waals surface area contributed by atoms with Crippen molar-refractivity contribution in [3.8, 4) is 0 Å². The molecule has 13 heteroatoms. The molecular weight excluding hydrogens is 562 g/mol. The molecule has 4 atom stereocenters. The van der Waals surface area contributed by atoms with Crippen molar-refractivity contribution in [3.63, 3.8) is 0 Å². The molecular formula is C29H49N5O7S. The van der Waals surface area contributed by atoms with E-state index in [-0.39, 0.29) is 12.0 Å². The molecule has 2 saturated carbocycles. The van der Waals surface area contributed by atoms with Crippen LogP contribution in [-0.2, 0) is 34.0 Å². The molecule has 3 rings (SSSR count). The normalized spacial score (nSPS) is 22.1. The lowest BCUT2D eigenvalue weighted by Gasteiger charge is -2.37. The summed E-state index contributed by atoms with van der Waals surface area (Å²) in [7, 11) is -3.69. The van der Waals surface area contributed by atoms with Crippen LogP contribution in [-0.4, -0.2) is 85.7 Å². The molecule has 3 fully saturated rings. The Balaban J connectivity index is 1.75. The maximum absolute atomic E-state index is 14.0. The highest BCUT2D eigenvalue weighted by Crippen LogP contribution is 2.29. The Kier molecular flexibility index (Phi) is 11.6. The van der Waals surface area contributed by atoms with Crippen LogP contribution in [0.5, 0.6) is 0 Å². The molecule has 1 heterocycles. The number of sulfonamides is 1. The standard InChI is InChI=1S/C29H49N5O7S/c1-6-11-20(23(35)27(38)30-19-15-16-19)31-25(36)21-14-10-17-34(21)28(39)24(29(2,3)4)32-26(37)22(33-42(5,40)41)18-12-8-7-9-13-18/h18-22,24,33H,6-17H2,1-5H3,(H,30,38)(H,31,36)(H,32,37)/t20-,21?,22-,24+/m0/s1. The Morgan fingerprint density at radius 2 is 1.55 bits per heavy atom. The molecule has 0 bridgehead atoms. The lowest BCUT2D eigenvalue weighted by Crippen LogP contribution is -2.61. The number of rotatable bonds is 13. The van der Waals surface area contributed by atoms with E-state index >= 15 is 0 Å². The summed E-state index contributed by atoms with van der Waals surface area (Å²) >= 11 is 0. The molecule has 1 saturated heterocycles. The minimum atomic E-state index is -3.69. The smallest absolute Gasteiger partial charge is 0.289 e. The molecule has 3 aliphatic rings. The van der Waals surface area contributed by atoms with Crippen molar-refractivity contribution >= 4 is 39.4 Å². The Morgan fingerprint density at radius 3 is 2.10 bits per heavy atom. The molecule has 12 nitrogen and oxygen atoms in total. The topological polar surface area (TPSA) is 171 Å². The third kappa shape index (κ3) is 9.48. The zero-order chi connectivity index (χ0) is 31.2. The summed E-state index contributed by atoms with van der Waals surface area (Å²) in [5.41, 5.74) is -0.750. The number of ketones is 1. The van der Waals surface area contributed by atoms with Crippen molar-refractivity contribution in [1.29, 1.82) is 0 Å². The minimum absolute atomic E-state index is 0.0114. The van der Waals surface area contributed by atoms with Crippen molar-refractivity contribution in [2.75, 3.05) is 12.8 Å². The Hall–Kier alpha value is -2.54. The van der Waals surface area contributed by atoms with Crippen LogP contribution in [0, 0.1) is 11.3 Å². The van der Waals surface area contributed by atoms with Crippen molar-refractivity contribution in [3.05, 3.63) is 0 Å². The fourth-order valence-corrected chi connectivity index (χ4v) is 6.64. The van der Waals surface area contributed by atoms with E-state index in [0.29, 0.717) is 45.1 Å². The molecule has 238 valence electrons. The summed E-state index contributed by atoms with van der Waals surface area (Å²) in [5, 5.41) is 8.22. The van der Waals surface area contributed by atoms with E-state index in [0.717, 1.165) is 38.4 Å². The summed E-state index contributed by atoms with van der Waals surface area (Å²) in [6, 6.07) is -3.87. The number of nitrogens with zero attached hydrogens (tertiary/aromatic N) is 1. The highest BCUT2D eigenvalue weighted by atomic mass is 32.2. The summed E-state index contributed by atoms with van der Waals surface area (Å²) < 4.78 is 26.8. The van der Waals surface area contributed by atoms with Gasteiger partial charge >= 0.3 is 0 Å². The summed E-state index contributed by atoms with van der Waals surface area (Å²) in [4.78, 5) is 67.6. The van der Waals surface area contributed by atoms with Gasteiger partial charge in [0.15, 0.2) is 0 Å². The van der Waals surface area contributed by atoms with Crippen LogP contribution in [0.2, 0.25) is 0 Å². The molecule has 0 radical (unpaired) electrons. The van der Waals surface area contributed by atoms with Gasteiger partial charge in [-0.05, 0) is 56.3 Å². The fourth-order valence-electron chi connectivity index (χ4n) is 5.88. The molecule has 4 amide bonds. The Bertz CT molecular complexity index is 1130. The fraction of sp³-hybridized carbons (Fsp3) is 0.828. The van der Waals surface area contributed by atoms with Gasteiger partial charge in [0.2, 0.25) is 33.5 Å². The first-order chi connectivity index (χ1) is 19.6. The van der Waals surface area contributed by atoms with Crippen LogP contribution in [0.3, 0.4) is 0 Å². The van der Waals surface area contributed by atoms with Gasteiger partial charge in [0.1, 0.15) is 18.1 Å². The third-order valence-corrected chi connectivity index (χ3v) is 9.01. The number of Topliss-reactive ketones (excluding diaryl/α,β-unsaturated/α-hetero) is 1. The molecule has 1 aliphatic heterocycles. The van der Waals surface area contributed by atoms with E-state index in [1.54, 1.807) is 20.8 Å². The summed E-state index contributed by atoms with van der Waals surface area (Å²) in [6.45, 7) is 7.55. The van der Waals surface area contributed by atoms with Crippen LogP contribution < -0.4 is 20.7 Å². The first-order valence-corrected chi connectivity index (χ1v) is 17.2. The molecule has 1 unspecified atom stereocenters. The van der Waals surface area contributed by atoms with E-state index in [2.05, 4.69) is 20.7 Å². The predicted molar refractivity (Wildman–Crippen MR) is 157 cm³/mol. The maximum atomic E-state index is 14.0. The van der Waals surface area contributed by atoms with Crippen molar-refractivity contribution in [2.45, 2.75) is 129 Å². The average Bonchev–Trinajstić information content (AvgIpc) is 3.59. The van der Waals surface area contributed by atoms with Gasteiger partial charge in [0.25, 0.3) is 5.91 Å². The second kappa shape index (κ2) is 14.3. The average molecular weight is 612 g/mol. The van der Waals surface area contributed by atoms with E-state index in [1.165, 1.54) is 4.90 Å². The SMILES string of the molecule is CCC[C@H](NC(=O)C1CCCN1C(=O)[C@@H](NC(=O)[C@@H](NS(C)(=O)=O)C1CCCCC1)C(C)(C)C)C(=O)C(=O)NC1CC1. The number of likely N-dealkylation sites (tertiary alicyclic amines) is 1. The quantitative estimate of drug-likeness (QED) is 0.226. The van der Waals surface area contributed by atoms with E-state index in [9.17, 15) is 32.4 Å². The second-order valence-corrected chi connectivity index (χ2v) is 15.0. The van der Waals surface area contributed by atoms with Crippen LogP contribution in [0.25, 0.3) is 0 Å². The van der Waals surface area contributed by atoms with E-state index in [1.807, 2.05) is 6.92 Å². The number of nitrogens with one attached hydrogen (secondary N) is 4. The highest BCUT2D eigenvalue weighted by molar-refractivity contribution is 7.88. The molecule has 0 aromatic heterocycles. The monoisotopic (exact) mass is 611 g/mol. The maximum Gasteiger partial charge on any atom is 0.289 e. The molecule has 0 aromatic carbocycles. The zero-order valence-electron chi connectivity index (χ0n) is 25.7. The van der Waals surface area contributed by atoms with Crippen LogP contribution in [0.1, 0.15) is 98.3 Å². The Labute approximate surface area is 249 Å². The summed E-state index contributed by atoms with van der Waals surface area (Å²) in [5.74, 6) is -3.10. The second-order valence-electron chi connectivity index (χ2n) is 13.2. The minimum Gasteiger partial charge on any atom is -0.347 e. The number of amides is 4. The number of hydrogen-bond donors (Lipinski definition) is 4. The Morgan fingerprint density at radius 1 is 0.905 bits per heavy atom. The number of carbonyl (C=O) groups excluding carboxylic acids is 5.